The molecular formula is C11H20O3. The predicted molar refractivity (Wildman–Crippen MR) is 54.1 cm³/mol. The van der Waals surface area contributed by atoms with Gasteiger partial charge in [-0.05, 0) is 12.3 Å². The maximum Gasteiger partial charge on any atom is 0.309 e. The van der Waals surface area contributed by atoms with E-state index in [-0.39, 0.29) is 17.4 Å². The number of carbonyl (C=O) groups is 1. The molecule has 1 fully saturated rings. The lowest BCUT2D eigenvalue weighted by Gasteiger charge is -2.06. The molecule has 82 valence electrons. The highest BCUT2D eigenvalue weighted by Gasteiger charge is 2.63. The fourth-order valence-electron chi connectivity index (χ4n) is 1.78. The molecule has 0 radical (unpaired) electrons. The first-order valence-corrected chi connectivity index (χ1v) is 5.21. The molecule has 2 atom stereocenters. The van der Waals surface area contributed by atoms with Crippen molar-refractivity contribution >= 4 is 5.97 Å². The lowest BCUT2D eigenvalue weighted by Crippen LogP contribution is -2.07. The molecule has 1 saturated carbocycles. The van der Waals surface area contributed by atoms with Crippen LogP contribution in [0, 0.1) is 17.3 Å². The van der Waals surface area contributed by atoms with Crippen LogP contribution in [0.2, 0.25) is 0 Å². The van der Waals surface area contributed by atoms with E-state index in [9.17, 15) is 4.79 Å². The third kappa shape index (κ3) is 2.27. The van der Waals surface area contributed by atoms with E-state index in [4.69, 9.17) is 9.84 Å². The second-order valence-corrected chi connectivity index (χ2v) is 5.11. The number of carboxylic acids is 1. The smallest absolute Gasteiger partial charge is 0.309 e. The van der Waals surface area contributed by atoms with Gasteiger partial charge in [0.2, 0.25) is 0 Å². The first kappa shape index (κ1) is 11.5. The van der Waals surface area contributed by atoms with Gasteiger partial charge in [0, 0.05) is 12.0 Å². The Bertz CT molecular complexity index is 221. The highest BCUT2D eigenvalue weighted by molar-refractivity contribution is 5.76. The van der Waals surface area contributed by atoms with Gasteiger partial charge in [0.25, 0.3) is 0 Å². The fraction of sp³-hybridized carbons (Fsp3) is 0.909. The van der Waals surface area contributed by atoms with Gasteiger partial charge in [-0.2, -0.15) is 0 Å². The van der Waals surface area contributed by atoms with Gasteiger partial charge in [-0.25, -0.2) is 0 Å². The van der Waals surface area contributed by atoms with Crippen molar-refractivity contribution in [3.8, 4) is 0 Å². The zero-order valence-electron chi connectivity index (χ0n) is 9.41. The molecule has 0 aromatic carbocycles. The molecule has 14 heavy (non-hydrogen) atoms. The molecule has 1 rings (SSSR count). The number of hydrogen-bond donors (Lipinski definition) is 1. The van der Waals surface area contributed by atoms with Gasteiger partial charge in [-0.1, -0.05) is 27.7 Å². The lowest BCUT2D eigenvalue weighted by atomic mass is 10.1. The average Bonchev–Trinajstić information content (AvgIpc) is 2.52. The third-order valence-electron chi connectivity index (χ3n) is 2.99. The number of aliphatic carboxylic acids is 1. The van der Waals surface area contributed by atoms with Gasteiger partial charge >= 0.3 is 5.97 Å². The van der Waals surface area contributed by atoms with Crippen LogP contribution >= 0.6 is 0 Å². The Hall–Kier alpha value is -0.570. The van der Waals surface area contributed by atoms with E-state index in [0.717, 1.165) is 6.42 Å². The summed E-state index contributed by atoms with van der Waals surface area (Å²) in [6.45, 7) is 8.85. The van der Waals surface area contributed by atoms with Crippen molar-refractivity contribution in [2.24, 2.45) is 17.3 Å². The van der Waals surface area contributed by atoms with Gasteiger partial charge in [-0.15, -0.1) is 0 Å². The minimum atomic E-state index is -0.732. The quantitative estimate of drug-likeness (QED) is 0.739. The van der Waals surface area contributed by atoms with Gasteiger partial charge in [0.1, 0.15) is 0 Å². The van der Waals surface area contributed by atoms with Gasteiger partial charge in [0.05, 0.1) is 12.0 Å². The van der Waals surface area contributed by atoms with E-state index in [1.54, 1.807) is 0 Å². The molecule has 0 saturated heterocycles. The van der Waals surface area contributed by atoms with Crippen LogP contribution in [0.25, 0.3) is 0 Å². The predicted octanol–water partition coefficient (Wildman–Crippen LogP) is 2.16. The highest BCUT2D eigenvalue weighted by Crippen LogP contribution is 2.54. The van der Waals surface area contributed by atoms with Crippen molar-refractivity contribution in [3.63, 3.8) is 0 Å². The Balaban J connectivity index is 2.31. The summed E-state index contributed by atoms with van der Waals surface area (Å²) in [5.41, 5.74) is -0.178. The normalized spacial score (nSPS) is 29.2. The van der Waals surface area contributed by atoms with Crippen LogP contribution in [0.5, 0.6) is 0 Å². The molecule has 0 aliphatic heterocycles. The fourth-order valence-corrected chi connectivity index (χ4v) is 1.78. The van der Waals surface area contributed by atoms with Crippen LogP contribution in [0.1, 0.15) is 34.1 Å². The summed E-state index contributed by atoms with van der Waals surface area (Å²) in [5.74, 6) is -0.431. The molecule has 0 aromatic rings. The molecule has 2 unspecified atom stereocenters. The monoisotopic (exact) mass is 200 g/mol. The molecule has 3 nitrogen and oxygen atoms in total. The third-order valence-corrected chi connectivity index (χ3v) is 2.99. The molecule has 1 N–H and O–H groups in total. The SMILES string of the molecule is CC(C)CCOC1C(C(=O)O)C1(C)C. The molecule has 0 aromatic heterocycles. The van der Waals surface area contributed by atoms with E-state index < -0.39 is 5.97 Å². The van der Waals surface area contributed by atoms with E-state index in [2.05, 4.69) is 13.8 Å². The number of rotatable bonds is 5. The Morgan fingerprint density at radius 2 is 2.07 bits per heavy atom. The van der Waals surface area contributed by atoms with Crippen LogP contribution in [0.4, 0.5) is 0 Å². The molecule has 3 heteroatoms. The Kier molecular flexibility index (Phi) is 3.20. The van der Waals surface area contributed by atoms with Gasteiger partial charge < -0.3 is 9.84 Å². The summed E-state index contributed by atoms with van der Waals surface area (Å²) in [7, 11) is 0. The summed E-state index contributed by atoms with van der Waals surface area (Å²) in [4.78, 5) is 10.8. The second-order valence-electron chi connectivity index (χ2n) is 5.11. The number of ether oxygens (including phenoxy) is 1. The summed E-state index contributed by atoms with van der Waals surface area (Å²) in [5, 5.41) is 8.89. The van der Waals surface area contributed by atoms with Crippen molar-refractivity contribution in [2.45, 2.75) is 40.2 Å². The molecule has 1 aliphatic rings. The minimum Gasteiger partial charge on any atom is -0.481 e. The summed E-state index contributed by atoms with van der Waals surface area (Å²) in [6, 6.07) is 0. The highest BCUT2D eigenvalue weighted by atomic mass is 16.5. The molecular weight excluding hydrogens is 180 g/mol. The molecule has 0 bridgehead atoms. The van der Waals surface area contributed by atoms with Crippen molar-refractivity contribution in [3.05, 3.63) is 0 Å². The standard InChI is InChI=1S/C11H20O3/c1-7(2)5-6-14-9-8(10(12)13)11(9,3)4/h7-9H,5-6H2,1-4H3,(H,12,13). The van der Waals surface area contributed by atoms with Crippen LogP contribution in [-0.2, 0) is 9.53 Å². The minimum absolute atomic E-state index is 0.0845. The lowest BCUT2D eigenvalue weighted by molar-refractivity contribution is -0.140. The Morgan fingerprint density at radius 1 is 1.50 bits per heavy atom. The first-order valence-electron chi connectivity index (χ1n) is 5.21. The van der Waals surface area contributed by atoms with Crippen LogP contribution in [0.3, 0.4) is 0 Å². The number of carboxylic acid groups (broad SMARTS) is 1. The largest absolute Gasteiger partial charge is 0.481 e. The van der Waals surface area contributed by atoms with E-state index in [0.29, 0.717) is 12.5 Å². The van der Waals surface area contributed by atoms with Crippen molar-refractivity contribution in [1.82, 2.24) is 0 Å². The summed E-state index contributed by atoms with van der Waals surface area (Å²) in [6.07, 6.45) is 0.914. The van der Waals surface area contributed by atoms with Crippen LogP contribution in [0.15, 0.2) is 0 Å². The average molecular weight is 200 g/mol. The zero-order valence-corrected chi connectivity index (χ0v) is 9.41. The Labute approximate surface area is 85.5 Å². The first-order chi connectivity index (χ1) is 6.37. The van der Waals surface area contributed by atoms with E-state index in [1.165, 1.54) is 0 Å². The summed E-state index contributed by atoms with van der Waals surface area (Å²) < 4.78 is 5.57. The van der Waals surface area contributed by atoms with Gasteiger partial charge in [0.15, 0.2) is 0 Å². The Morgan fingerprint density at radius 3 is 2.43 bits per heavy atom. The molecule has 0 amide bonds. The van der Waals surface area contributed by atoms with E-state index in [1.807, 2.05) is 13.8 Å². The maximum absolute atomic E-state index is 10.8. The number of hydrogen-bond acceptors (Lipinski definition) is 2. The van der Waals surface area contributed by atoms with Crippen molar-refractivity contribution in [2.75, 3.05) is 6.61 Å². The molecule has 0 heterocycles. The van der Waals surface area contributed by atoms with Crippen molar-refractivity contribution < 1.29 is 14.6 Å². The molecule has 0 spiro atoms. The second kappa shape index (κ2) is 3.89. The van der Waals surface area contributed by atoms with Crippen molar-refractivity contribution in [1.29, 1.82) is 0 Å². The topological polar surface area (TPSA) is 46.5 Å². The zero-order chi connectivity index (χ0) is 10.9. The van der Waals surface area contributed by atoms with E-state index >= 15 is 0 Å². The summed E-state index contributed by atoms with van der Waals surface area (Å²) >= 11 is 0. The molecule has 1 aliphatic carbocycles. The van der Waals surface area contributed by atoms with Crippen LogP contribution < -0.4 is 0 Å². The van der Waals surface area contributed by atoms with Gasteiger partial charge in [-0.3, -0.25) is 4.79 Å². The van der Waals surface area contributed by atoms with Crippen LogP contribution in [-0.4, -0.2) is 23.8 Å². The maximum atomic E-state index is 10.8.